The molecule has 0 aromatic heterocycles. The first-order valence-corrected chi connectivity index (χ1v) is 12.5. The van der Waals surface area contributed by atoms with Gasteiger partial charge in [-0.15, -0.1) is 0 Å². The van der Waals surface area contributed by atoms with Gasteiger partial charge >= 0.3 is 12.1 Å². The van der Waals surface area contributed by atoms with Gasteiger partial charge in [0.1, 0.15) is 12.6 Å². The average Bonchev–Trinajstić information content (AvgIpc) is 3.14. The molecular formula is C28H37NO4. The standard InChI is InChI=1S/C28H37NO4/c1-2-3-4-5-6-7-8-9-10-19-26(27(30)31)29-28(32)33-20-25-23-17-13-11-15-21(23)22-16-12-14-18-24(22)25/h11-18,25-26H,2-10,19-20H2,1H3,(H,29,32)(H,30,31)/t26-/m0/s1. The van der Waals surface area contributed by atoms with E-state index in [4.69, 9.17) is 4.74 Å². The van der Waals surface area contributed by atoms with E-state index < -0.39 is 18.1 Å². The molecule has 0 saturated carbocycles. The van der Waals surface area contributed by atoms with Crippen molar-refractivity contribution in [2.75, 3.05) is 6.61 Å². The lowest BCUT2D eigenvalue weighted by molar-refractivity contribution is -0.139. The lowest BCUT2D eigenvalue weighted by Crippen LogP contribution is -2.41. The lowest BCUT2D eigenvalue weighted by Gasteiger charge is -2.17. The van der Waals surface area contributed by atoms with Gasteiger partial charge in [-0.05, 0) is 28.7 Å². The molecule has 0 radical (unpaired) electrons. The minimum Gasteiger partial charge on any atom is -0.480 e. The van der Waals surface area contributed by atoms with E-state index in [-0.39, 0.29) is 12.5 Å². The van der Waals surface area contributed by atoms with Gasteiger partial charge in [0.2, 0.25) is 0 Å². The number of carboxylic acids is 1. The molecule has 1 aliphatic carbocycles. The Morgan fingerprint density at radius 3 is 1.91 bits per heavy atom. The Morgan fingerprint density at radius 2 is 1.36 bits per heavy atom. The first-order valence-electron chi connectivity index (χ1n) is 12.5. The Kier molecular flexibility index (Phi) is 9.79. The average molecular weight is 452 g/mol. The molecule has 0 spiro atoms. The van der Waals surface area contributed by atoms with Gasteiger partial charge in [-0.1, -0.05) is 113 Å². The summed E-state index contributed by atoms with van der Waals surface area (Å²) in [5, 5.41) is 12.1. The number of aliphatic carboxylic acids is 1. The second-order valence-corrected chi connectivity index (χ2v) is 8.98. The van der Waals surface area contributed by atoms with Crippen LogP contribution in [-0.4, -0.2) is 29.8 Å². The summed E-state index contributed by atoms with van der Waals surface area (Å²) in [4.78, 5) is 24.0. The Labute approximate surface area is 197 Å². The molecule has 3 rings (SSSR count). The maximum Gasteiger partial charge on any atom is 0.407 e. The van der Waals surface area contributed by atoms with Gasteiger partial charge in [0.15, 0.2) is 0 Å². The number of fused-ring (bicyclic) bond motifs is 3. The number of unbranched alkanes of at least 4 members (excludes halogenated alkanes) is 8. The van der Waals surface area contributed by atoms with Crippen LogP contribution in [0.1, 0.15) is 88.2 Å². The van der Waals surface area contributed by atoms with Crippen molar-refractivity contribution >= 4 is 12.1 Å². The molecule has 33 heavy (non-hydrogen) atoms. The SMILES string of the molecule is CCCCCCCCCCC[C@H](NC(=O)OCC1c2ccccc2-c2ccccc21)C(=O)O. The fraction of sp³-hybridized carbons (Fsp3) is 0.500. The van der Waals surface area contributed by atoms with Crippen LogP contribution in [0, 0.1) is 0 Å². The molecular weight excluding hydrogens is 414 g/mol. The molecule has 0 bridgehead atoms. The Balaban J connectivity index is 1.42. The number of carbonyl (C=O) groups is 2. The number of hydrogen-bond donors (Lipinski definition) is 2. The van der Waals surface area contributed by atoms with E-state index in [0.29, 0.717) is 6.42 Å². The summed E-state index contributed by atoms with van der Waals surface area (Å²) in [5.41, 5.74) is 4.60. The maximum atomic E-state index is 12.4. The number of hydrogen-bond acceptors (Lipinski definition) is 3. The lowest BCUT2D eigenvalue weighted by atomic mass is 9.98. The van der Waals surface area contributed by atoms with E-state index in [0.717, 1.165) is 41.5 Å². The summed E-state index contributed by atoms with van der Waals surface area (Å²) in [7, 11) is 0. The van der Waals surface area contributed by atoms with E-state index in [1.165, 1.54) is 38.5 Å². The summed E-state index contributed by atoms with van der Waals surface area (Å²) < 4.78 is 5.50. The van der Waals surface area contributed by atoms with Gasteiger partial charge in [-0.25, -0.2) is 9.59 Å². The molecule has 2 N–H and O–H groups in total. The fourth-order valence-corrected chi connectivity index (χ4v) is 4.70. The van der Waals surface area contributed by atoms with Crippen LogP contribution in [0.25, 0.3) is 11.1 Å². The number of nitrogens with one attached hydrogen (secondary N) is 1. The van der Waals surface area contributed by atoms with Crippen LogP contribution in [-0.2, 0) is 9.53 Å². The molecule has 1 atom stereocenters. The van der Waals surface area contributed by atoms with E-state index in [9.17, 15) is 14.7 Å². The molecule has 0 fully saturated rings. The van der Waals surface area contributed by atoms with Crippen LogP contribution in [0.2, 0.25) is 0 Å². The summed E-state index contributed by atoms with van der Waals surface area (Å²) in [6, 6.07) is 15.4. The van der Waals surface area contributed by atoms with Crippen molar-refractivity contribution in [1.82, 2.24) is 5.32 Å². The number of amides is 1. The van der Waals surface area contributed by atoms with Crippen LogP contribution in [0.5, 0.6) is 0 Å². The second kappa shape index (κ2) is 13.0. The monoisotopic (exact) mass is 451 g/mol. The zero-order valence-electron chi connectivity index (χ0n) is 19.7. The van der Waals surface area contributed by atoms with Gasteiger partial charge in [0.05, 0.1) is 0 Å². The van der Waals surface area contributed by atoms with Gasteiger partial charge < -0.3 is 15.2 Å². The number of rotatable bonds is 14. The van der Waals surface area contributed by atoms with Crippen molar-refractivity contribution in [1.29, 1.82) is 0 Å². The molecule has 5 nitrogen and oxygen atoms in total. The van der Waals surface area contributed by atoms with Crippen LogP contribution in [0.4, 0.5) is 4.79 Å². The zero-order chi connectivity index (χ0) is 23.5. The third-order valence-electron chi connectivity index (χ3n) is 6.53. The van der Waals surface area contributed by atoms with Crippen molar-refractivity contribution in [2.45, 2.75) is 83.1 Å². The van der Waals surface area contributed by atoms with Gasteiger partial charge in [0, 0.05) is 5.92 Å². The largest absolute Gasteiger partial charge is 0.480 e. The number of carboxylic acid groups (broad SMARTS) is 1. The summed E-state index contributed by atoms with van der Waals surface area (Å²) >= 11 is 0. The molecule has 1 amide bonds. The van der Waals surface area contributed by atoms with E-state index in [1.54, 1.807) is 0 Å². The molecule has 0 aliphatic heterocycles. The first kappa shape index (κ1) is 24.8. The number of ether oxygens (including phenoxy) is 1. The second-order valence-electron chi connectivity index (χ2n) is 8.98. The number of carbonyl (C=O) groups excluding carboxylic acids is 1. The topological polar surface area (TPSA) is 75.6 Å². The summed E-state index contributed by atoms with van der Waals surface area (Å²) in [5.74, 6) is -1.05. The van der Waals surface area contributed by atoms with Crippen molar-refractivity contribution in [2.24, 2.45) is 0 Å². The molecule has 0 heterocycles. The molecule has 2 aromatic carbocycles. The smallest absolute Gasteiger partial charge is 0.407 e. The van der Waals surface area contributed by atoms with Crippen LogP contribution >= 0.6 is 0 Å². The Morgan fingerprint density at radius 1 is 0.848 bits per heavy atom. The maximum absolute atomic E-state index is 12.4. The highest BCUT2D eigenvalue weighted by atomic mass is 16.5. The molecule has 1 aliphatic rings. The van der Waals surface area contributed by atoms with Crippen molar-refractivity contribution in [3.63, 3.8) is 0 Å². The number of alkyl carbamates (subject to hydrolysis) is 1. The Bertz CT molecular complexity index is 865. The van der Waals surface area contributed by atoms with Gasteiger partial charge in [0.25, 0.3) is 0 Å². The highest BCUT2D eigenvalue weighted by Crippen LogP contribution is 2.44. The number of benzene rings is 2. The molecule has 0 saturated heterocycles. The van der Waals surface area contributed by atoms with Gasteiger partial charge in [-0.2, -0.15) is 0 Å². The van der Waals surface area contributed by atoms with E-state index in [2.05, 4.69) is 36.5 Å². The third-order valence-corrected chi connectivity index (χ3v) is 6.53. The van der Waals surface area contributed by atoms with Crippen molar-refractivity contribution < 1.29 is 19.4 Å². The molecule has 5 heteroatoms. The van der Waals surface area contributed by atoms with Crippen molar-refractivity contribution in [3.05, 3.63) is 59.7 Å². The van der Waals surface area contributed by atoms with Crippen LogP contribution < -0.4 is 5.32 Å². The predicted octanol–water partition coefficient (Wildman–Crippen LogP) is 6.90. The fourth-order valence-electron chi connectivity index (χ4n) is 4.70. The van der Waals surface area contributed by atoms with Crippen LogP contribution in [0.3, 0.4) is 0 Å². The highest BCUT2D eigenvalue weighted by Gasteiger charge is 2.29. The third kappa shape index (κ3) is 7.08. The normalized spacial score (nSPS) is 13.2. The zero-order valence-corrected chi connectivity index (χ0v) is 19.7. The van der Waals surface area contributed by atoms with E-state index in [1.807, 2.05) is 24.3 Å². The van der Waals surface area contributed by atoms with Crippen molar-refractivity contribution in [3.8, 4) is 11.1 Å². The Hall–Kier alpha value is -2.82. The molecule has 2 aromatic rings. The minimum atomic E-state index is -1.01. The first-order chi connectivity index (χ1) is 16.1. The van der Waals surface area contributed by atoms with Crippen LogP contribution in [0.15, 0.2) is 48.5 Å². The predicted molar refractivity (Wildman–Crippen MR) is 131 cm³/mol. The quantitative estimate of drug-likeness (QED) is 0.306. The molecule has 178 valence electrons. The van der Waals surface area contributed by atoms with E-state index >= 15 is 0 Å². The summed E-state index contributed by atoms with van der Waals surface area (Å²) in [6.45, 7) is 2.40. The summed E-state index contributed by atoms with van der Waals surface area (Å²) in [6.07, 6.45) is 10.3. The molecule has 0 unspecified atom stereocenters. The highest BCUT2D eigenvalue weighted by molar-refractivity contribution is 5.81. The van der Waals surface area contributed by atoms with Gasteiger partial charge in [-0.3, -0.25) is 0 Å². The minimum absolute atomic E-state index is 0.0382.